The lowest BCUT2D eigenvalue weighted by Gasteiger charge is -2.42. The summed E-state index contributed by atoms with van der Waals surface area (Å²) < 4.78 is 123. The number of alkyl halides is 8. The van der Waals surface area contributed by atoms with Gasteiger partial charge in [0.25, 0.3) is 0 Å². The molecule has 764 valence electrons. The summed E-state index contributed by atoms with van der Waals surface area (Å²) in [6.45, 7) is 73.0. The van der Waals surface area contributed by atoms with Crippen LogP contribution in [0.3, 0.4) is 0 Å². The summed E-state index contributed by atoms with van der Waals surface area (Å²) >= 11 is 0. The van der Waals surface area contributed by atoms with E-state index in [1.807, 2.05) is 62.4 Å². The van der Waals surface area contributed by atoms with Gasteiger partial charge in [-0.15, -0.1) is 0 Å². The molecular weight excluding hydrogens is 1780 g/mol. The third-order valence-corrected chi connectivity index (χ3v) is 31.6. The Morgan fingerprint density at radius 1 is 0.287 bits per heavy atom. The van der Waals surface area contributed by atoms with E-state index in [1.54, 1.807) is 5.56 Å². The lowest BCUT2D eigenvalue weighted by Crippen LogP contribution is -2.51. The van der Waals surface area contributed by atoms with Gasteiger partial charge in [0.2, 0.25) is 5.92 Å². The Hall–Kier alpha value is -9.99. The molecule has 9 heteroatoms. The molecule has 143 heavy (non-hydrogen) atoms. The number of halogens is 9. The predicted octanol–water partition coefficient (Wildman–Crippen LogP) is 42.1. The number of benzene rings is 14. The van der Waals surface area contributed by atoms with Gasteiger partial charge in [0, 0.05) is 18.4 Å². The van der Waals surface area contributed by atoms with Crippen molar-refractivity contribution in [2.75, 3.05) is 0 Å². The zero-order valence-corrected chi connectivity index (χ0v) is 92.7. The third kappa shape index (κ3) is 24.3. The van der Waals surface area contributed by atoms with Crippen LogP contribution >= 0.6 is 0 Å². The second-order valence-electron chi connectivity index (χ2n) is 50.1. The fraction of sp³-hybridized carbons (Fsp3) is 0.463. The van der Waals surface area contributed by atoms with Crippen molar-refractivity contribution < 1.29 is 39.5 Å². The summed E-state index contributed by atoms with van der Waals surface area (Å²) in [5, 5.41) is 15.1. The van der Waals surface area contributed by atoms with Gasteiger partial charge >= 0.3 is 12.4 Å². The summed E-state index contributed by atoms with van der Waals surface area (Å²) in [6.07, 6.45) is -4.49. The summed E-state index contributed by atoms with van der Waals surface area (Å²) in [7, 11) is 0. The van der Waals surface area contributed by atoms with E-state index in [1.165, 1.54) is 175 Å². The van der Waals surface area contributed by atoms with E-state index >= 15 is 4.39 Å². The van der Waals surface area contributed by atoms with Crippen LogP contribution in [0.1, 0.15) is 385 Å². The highest BCUT2D eigenvalue weighted by atomic mass is 19.4. The molecule has 0 saturated heterocycles. The first-order valence-corrected chi connectivity index (χ1v) is 52.9. The van der Waals surface area contributed by atoms with Crippen LogP contribution in [-0.2, 0) is 44.3 Å². The van der Waals surface area contributed by atoms with Gasteiger partial charge in [-0.05, 0) is 373 Å². The summed E-state index contributed by atoms with van der Waals surface area (Å²) in [5.74, 6) is -0.663. The van der Waals surface area contributed by atoms with Crippen molar-refractivity contribution in [3.05, 3.63) is 329 Å². The molecule has 14 aromatic rings. The van der Waals surface area contributed by atoms with E-state index in [0.29, 0.717) is 24.7 Å². The molecule has 0 N–H and O–H groups in total. The van der Waals surface area contributed by atoms with Crippen molar-refractivity contribution in [3.8, 4) is 22.3 Å². The maximum absolute atomic E-state index is 15.3. The van der Waals surface area contributed by atoms with E-state index in [9.17, 15) is 35.1 Å². The van der Waals surface area contributed by atoms with Gasteiger partial charge in [0.15, 0.2) is 5.41 Å². The highest BCUT2D eigenvalue weighted by Gasteiger charge is 2.70. The molecule has 3 fully saturated rings. The molecule has 3 saturated carbocycles. The van der Waals surface area contributed by atoms with Crippen LogP contribution in [0.25, 0.3) is 86.9 Å². The first-order chi connectivity index (χ1) is 66.3. The van der Waals surface area contributed by atoms with Crippen molar-refractivity contribution in [1.29, 1.82) is 0 Å². The Morgan fingerprint density at radius 3 is 0.902 bits per heavy atom. The second kappa shape index (κ2) is 42.8. The average molecular weight is 1950 g/mol. The van der Waals surface area contributed by atoms with Crippen LogP contribution < -0.4 is 0 Å². The molecule has 3 aliphatic carbocycles. The Balaban J connectivity index is 0.000000154. The molecule has 0 radical (unpaired) electrons. The fourth-order valence-corrected chi connectivity index (χ4v) is 24.2. The van der Waals surface area contributed by atoms with Gasteiger partial charge in [0.05, 0.1) is 0 Å². The molecule has 0 unspecified atom stereocenters. The van der Waals surface area contributed by atoms with Crippen LogP contribution in [0.4, 0.5) is 39.5 Å². The van der Waals surface area contributed by atoms with Gasteiger partial charge < -0.3 is 0 Å². The molecule has 0 atom stereocenters. The van der Waals surface area contributed by atoms with Gasteiger partial charge in [-0.1, -0.05) is 399 Å². The van der Waals surface area contributed by atoms with Crippen molar-refractivity contribution in [3.63, 3.8) is 0 Å². The minimum absolute atomic E-state index is 0.0186. The van der Waals surface area contributed by atoms with E-state index in [2.05, 4.69) is 378 Å². The normalized spacial score (nSPS) is 15.5. The topological polar surface area (TPSA) is 0 Å². The number of hydrogen-bond donors (Lipinski definition) is 0. The minimum Gasteiger partial charge on any atom is -0.207 e. The SMILES string of the molecule is Cc1c(C(C)(C)C)c(F)c(C(C)(C)C)c2ccccc12.Cc1c(C(C)(C)C)cc(-c2c(C(C)C)cccc2C(C)C)c2ccccc12.Cc1c(C(C)(C)C)cc(C2CCC(C(F)(F)F)(C(F)(F)F)CC2)c2ccccc12.Cc1c(C(C)(C)C)cc(C2CCC(F)(F)CC2)c2ccccc12.Cc1c(C(C)(C)C)cc(CC2CCCC2)c2ccccc12.Cc1cccc(C)c1-c1cc(C(C)(C)C)c(C)c2ccccc12. The zero-order chi connectivity index (χ0) is 106. The first kappa shape index (κ1) is 112. The van der Waals surface area contributed by atoms with E-state index < -0.39 is 36.5 Å². The van der Waals surface area contributed by atoms with Crippen LogP contribution in [0.5, 0.6) is 0 Å². The highest BCUT2D eigenvalue weighted by Crippen LogP contribution is 2.61. The molecule has 17 rings (SSSR count). The molecule has 3 aliphatic rings. The van der Waals surface area contributed by atoms with Crippen molar-refractivity contribution in [2.45, 2.75) is 392 Å². The van der Waals surface area contributed by atoms with Crippen molar-refractivity contribution in [1.82, 2.24) is 0 Å². The Bertz CT molecular complexity index is 6810. The van der Waals surface area contributed by atoms with Gasteiger partial charge in [-0.2, -0.15) is 26.3 Å². The maximum atomic E-state index is 15.3. The quantitative estimate of drug-likeness (QED) is 0.133. The number of aryl methyl sites for hydroxylation is 8. The average Bonchev–Trinajstić information content (AvgIpc) is 1.11. The standard InChI is InChI=1S/C27H34.C23H26F6.C23H26.C21H26F2.C21H28.C19H25F/c1-17(2)20-14-11-15-21(18(3)4)26(20)24-16-25(27(6,7)8)19(5)22-12-9-10-13-23(22)24;1-14-16-7-5-6-8-17(16)18(13-19(14)20(2,3)4)15-9-11-21(12-10-15,22(24,25)26)23(27,28)29;1-15-10-9-11-16(2)22(15)20-14-21(23(4,5)6)17(3)18-12-7-8-13-19(18)20;1-14-16-7-5-6-8-17(16)18(13-19(14)20(2,3)4)15-9-11-21(22,23)12-10-15;1-15-18-11-7-8-12-19(18)17(13-16-9-5-6-10-16)14-20(15)21(2,3)4;1-12-13-10-8-9-11-14(13)16(19(5,6)7)17(20)15(12)18(2,3)4/h9-18H,1-8H3;5-8,13,15H,9-12H2,1-4H3;7-14H,1-6H3;5-8,13,15H,9-12H2,1-4H3;7-8,11-12,14,16H,5-6,9-10,13H2,1-4H3;8-11H,1-7H3. The summed E-state index contributed by atoms with van der Waals surface area (Å²) in [5.41, 5.74) is 27.5. The van der Waals surface area contributed by atoms with Gasteiger partial charge in [-0.3, -0.25) is 0 Å². The smallest absolute Gasteiger partial charge is 0.207 e. The molecule has 0 heterocycles. The molecule has 0 spiro atoms. The van der Waals surface area contributed by atoms with E-state index in [0.717, 1.165) is 55.5 Å². The Labute approximate surface area is 853 Å². The number of rotatable bonds is 8. The van der Waals surface area contributed by atoms with Crippen molar-refractivity contribution in [2.24, 2.45) is 11.3 Å². The fourth-order valence-electron chi connectivity index (χ4n) is 24.2. The minimum atomic E-state index is -5.29. The van der Waals surface area contributed by atoms with Crippen LogP contribution in [-0.4, -0.2) is 18.3 Å². The molecule has 0 bridgehead atoms. The molecule has 14 aromatic carbocycles. The largest absolute Gasteiger partial charge is 0.403 e. The monoisotopic (exact) mass is 1950 g/mol. The molecular formula is C134H165F9. The molecule has 0 nitrogen and oxygen atoms in total. The predicted molar refractivity (Wildman–Crippen MR) is 599 cm³/mol. The lowest BCUT2D eigenvalue weighted by molar-refractivity contribution is -0.350. The van der Waals surface area contributed by atoms with Gasteiger partial charge in [-0.25, -0.2) is 13.2 Å². The number of fused-ring (bicyclic) bond motifs is 6. The molecule has 0 amide bonds. The number of hydrogen-bond acceptors (Lipinski definition) is 0. The van der Waals surface area contributed by atoms with Crippen LogP contribution in [0.15, 0.2) is 212 Å². The Morgan fingerprint density at radius 2 is 0.566 bits per heavy atom. The molecule has 0 aliphatic heterocycles. The highest BCUT2D eigenvalue weighted by molar-refractivity contribution is 6.03. The summed E-state index contributed by atoms with van der Waals surface area (Å²) in [4.78, 5) is 0. The van der Waals surface area contributed by atoms with Crippen LogP contribution in [0.2, 0.25) is 0 Å². The van der Waals surface area contributed by atoms with E-state index in [-0.39, 0.29) is 81.2 Å². The van der Waals surface area contributed by atoms with Gasteiger partial charge in [0.1, 0.15) is 5.82 Å². The third-order valence-electron chi connectivity index (χ3n) is 31.6. The molecule has 0 aromatic heterocycles. The Kier molecular flexibility index (Phi) is 33.5. The summed E-state index contributed by atoms with van der Waals surface area (Å²) in [6, 6.07) is 76.2. The van der Waals surface area contributed by atoms with E-state index in [4.69, 9.17) is 0 Å². The second-order valence-corrected chi connectivity index (χ2v) is 50.1. The zero-order valence-electron chi connectivity index (χ0n) is 92.7. The van der Waals surface area contributed by atoms with Crippen LogP contribution in [0, 0.1) is 72.5 Å². The lowest BCUT2D eigenvalue weighted by atomic mass is 9.66. The van der Waals surface area contributed by atoms with Crippen molar-refractivity contribution >= 4 is 64.6 Å². The first-order valence-electron chi connectivity index (χ1n) is 52.9. The maximum Gasteiger partial charge on any atom is 0.403 e.